The van der Waals surface area contributed by atoms with Crippen LogP contribution < -0.4 is 11.2 Å². The molecule has 1 saturated carbocycles. The van der Waals surface area contributed by atoms with E-state index in [0.29, 0.717) is 22.0 Å². The van der Waals surface area contributed by atoms with Crippen molar-refractivity contribution in [1.82, 2.24) is 20.2 Å². The maximum atomic E-state index is 12.3. The highest BCUT2D eigenvalue weighted by Crippen LogP contribution is 2.26. The van der Waals surface area contributed by atoms with E-state index in [1.165, 1.54) is 29.3 Å². The van der Waals surface area contributed by atoms with Gasteiger partial charge in [0.2, 0.25) is 11.1 Å². The molecule has 1 aliphatic rings. The molecule has 0 radical (unpaired) electrons. The summed E-state index contributed by atoms with van der Waals surface area (Å²) in [5, 5.41) is 12.2. The number of nitrogens with two attached hydrogens (primary N) is 1. The molecule has 1 unspecified atom stereocenters. The molecule has 1 heterocycles. The van der Waals surface area contributed by atoms with E-state index < -0.39 is 0 Å². The Morgan fingerprint density at radius 3 is 2.67 bits per heavy atom. The lowest BCUT2D eigenvalue weighted by atomic mass is 10.2. The Balaban J connectivity index is 1.66. The van der Waals surface area contributed by atoms with Crippen LogP contribution in [0.4, 0.5) is 0 Å². The van der Waals surface area contributed by atoms with Crippen LogP contribution in [0.2, 0.25) is 5.02 Å². The topological polar surface area (TPSA) is 85.8 Å². The monoisotopic (exact) mass is 365 g/mol. The van der Waals surface area contributed by atoms with Gasteiger partial charge in [-0.2, -0.15) is 0 Å². The molecule has 1 atom stereocenters. The number of halogens is 1. The second-order valence-electron chi connectivity index (χ2n) is 5.93. The summed E-state index contributed by atoms with van der Waals surface area (Å²) < 4.78 is 1.41. The smallest absolute Gasteiger partial charge is 0.233 e. The molecule has 1 aromatic carbocycles. The van der Waals surface area contributed by atoms with Crippen molar-refractivity contribution >= 4 is 29.3 Å². The quantitative estimate of drug-likeness (QED) is 0.628. The van der Waals surface area contributed by atoms with Crippen molar-refractivity contribution in [3.05, 3.63) is 29.3 Å². The molecule has 0 aliphatic heterocycles. The molecule has 3 rings (SSSR count). The zero-order valence-corrected chi connectivity index (χ0v) is 15.0. The summed E-state index contributed by atoms with van der Waals surface area (Å²) in [4.78, 5) is 12.3. The highest BCUT2D eigenvalue weighted by molar-refractivity contribution is 8.00. The Labute approximate surface area is 150 Å². The second kappa shape index (κ2) is 7.44. The maximum absolute atomic E-state index is 12.3. The van der Waals surface area contributed by atoms with Gasteiger partial charge in [-0.05, 0) is 44.0 Å². The molecular formula is C16H20ClN5OS. The standard InChI is InChI=1S/C16H20ClN5OS/c1-10(15(23)19-13-4-2-3-5-13)24-16-21-20-14(22(16)18)11-6-8-12(17)9-7-11/h6-10,13H,2-5,18H2,1H3,(H,19,23). The Morgan fingerprint density at radius 2 is 2.00 bits per heavy atom. The van der Waals surface area contributed by atoms with E-state index in [0.717, 1.165) is 18.4 Å². The van der Waals surface area contributed by atoms with Crippen LogP contribution in [-0.2, 0) is 4.79 Å². The minimum Gasteiger partial charge on any atom is -0.352 e. The van der Waals surface area contributed by atoms with Crippen LogP contribution >= 0.6 is 23.4 Å². The zero-order chi connectivity index (χ0) is 17.1. The number of nitrogens with zero attached hydrogens (tertiary/aromatic N) is 3. The van der Waals surface area contributed by atoms with Gasteiger partial charge in [-0.3, -0.25) is 4.79 Å². The third kappa shape index (κ3) is 3.84. The third-order valence-corrected chi connectivity index (χ3v) is 5.43. The average Bonchev–Trinajstić information content (AvgIpc) is 3.19. The summed E-state index contributed by atoms with van der Waals surface area (Å²) in [6.07, 6.45) is 4.51. The van der Waals surface area contributed by atoms with Crippen molar-refractivity contribution in [2.45, 2.75) is 49.1 Å². The Morgan fingerprint density at radius 1 is 1.33 bits per heavy atom. The van der Waals surface area contributed by atoms with Gasteiger partial charge in [0.05, 0.1) is 5.25 Å². The SMILES string of the molecule is CC(Sc1nnc(-c2ccc(Cl)cc2)n1N)C(=O)NC1CCCC1. The summed E-state index contributed by atoms with van der Waals surface area (Å²) in [7, 11) is 0. The minimum atomic E-state index is -0.282. The van der Waals surface area contributed by atoms with Crippen LogP contribution in [0.25, 0.3) is 11.4 Å². The highest BCUT2D eigenvalue weighted by Gasteiger charge is 2.23. The molecule has 2 aromatic rings. The van der Waals surface area contributed by atoms with Gasteiger partial charge >= 0.3 is 0 Å². The van der Waals surface area contributed by atoms with E-state index in [1.54, 1.807) is 12.1 Å². The number of nitrogen functional groups attached to an aromatic ring is 1. The zero-order valence-electron chi connectivity index (χ0n) is 13.4. The number of nitrogens with one attached hydrogen (secondary N) is 1. The van der Waals surface area contributed by atoms with Crippen molar-refractivity contribution in [1.29, 1.82) is 0 Å². The number of rotatable bonds is 5. The van der Waals surface area contributed by atoms with Gasteiger partial charge in [-0.25, -0.2) is 4.68 Å². The van der Waals surface area contributed by atoms with Crippen LogP contribution in [0, 0.1) is 0 Å². The van der Waals surface area contributed by atoms with Crippen LogP contribution in [-0.4, -0.2) is 32.1 Å². The fourth-order valence-corrected chi connectivity index (χ4v) is 3.66. The predicted molar refractivity (Wildman–Crippen MR) is 96.3 cm³/mol. The van der Waals surface area contributed by atoms with E-state index in [4.69, 9.17) is 17.4 Å². The Kier molecular flexibility index (Phi) is 5.30. The predicted octanol–water partition coefficient (Wildman–Crippen LogP) is 2.85. The summed E-state index contributed by atoms with van der Waals surface area (Å²) in [5.41, 5.74) is 0.823. The van der Waals surface area contributed by atoms with Crippen molar-refractivity contribution in [2.75, 3.05) is 5.84 Å². The second-order valence-corrected chi connectivity index (χ2v) is 7.68. The van der Waals surface area contributed by atoms with Gasteiger partial charge in [-0.15, -0.1) is 10.2 Å². The van der Waals surface area contributed by atoms with E-state index in [2.05, 4.69) is 15.5 Å². The summed E-state index contributed by atoms with van der Waals surface area (Å²) in [6, 6.07) is 7.52. The molecule has 1 aromatic heterocycles. The lowest BCUT2D eigenvalue weighted by Crippen LogP contribution is -2.37. The fourth-order valence-electron chi connectivity index (χ4n) is 2.75. The number of hydrogen-bond donors (Lipinski definition) is 2. The number of carbonyl (C=O) groups excluding carboxylic acids is 1. The van der Waals surface area contributed by atoms with Gasteiger partial charge in [0.15, 0.2) is 5.82 Å². The fraction of sp³-hybridized carbons (Fsp3) is 0.438. The maximum Gasteiger partial charge on any atom is 0.233 e. The van der Waals surface area contributed by atoms with Crippen LogP contribution in [0.3, 0.4) is 0 Å². The van der Waals surface area contributed by atoms with Crippen LogP contribution in [0.5, 0.6) is 0 Å². The number of benzene rings is 1. The van der Waals surface area contributed by atoms with Gasteiger partial charge in [0.1, 0.15) is 0 Å². The third-order valence-electron chi connectivity index (χ3n) is 4.12. The number of thioether (sulfide) groups is 1. The molecule has 24 heavy (non-hydrogen) atoms. The van der Waals surface area contributed by atoms with Gasteiger partial charge in [-0.1, -0.05) is 36.2 Å². The molecule has 6 nitrogen and oxygen atoms in total. The van der Waals surface area contributed by atoms with E-state index in [1.807, 2.05) is 19.1 Å². The first kappa shape index (κ1) is 17.1. The van der Waals surface area contributed by atoms with Crippen LogP contribution in [0.15, 0.2) is 29.4 Å². The van der Waals surface area contributed by atoms with E-state index in [9.17, 15) is 4.79 Å². The van der Waals surface area contributed by atoms with Crippen molar-refractivity contribution < 1.29 is 4.79 Å². The first-order chi connectivity index (χ1) is 11.5. The lowest BCUT2D eigenvalue weighted by Gasteiger charge is -2.15. The van der Waals surface area contributed by atoms with Crippen molar-refractivity contribution in [3.8, 4) is 11.4 Å². The van der Waals surface area contributed by atoms with Crippen LogP contribution in [0.1, 0.15) is 32.6 Å². The number of carbonyl (C=O) groups is 1. The van der Waals surface area contributed by atoms with E-state index in [-0.39, 0.29) is 11.2 Å². The molecule has 1 fully saturated rings. The van der Waals surface area contributed by atoms with E-state index >= 15 is 0 Å². The Hall–Kier alpha value is -1.73. The first-order valence-electron chi connectivity index (χ1n) is 7.98. The average molecular weight is 366 g/mol. The summed E-state index contributed by atoms with van der Waals surface area (Å²) in [6.45, 7) is 1.85. The highest BCUT2D eigenvalue weighted by atomic mass is 35.5. The molecule has 128 valence electrons. The molecule has 3 N–H and O–H groups in total. The number of hydrogen-bond acceptors (Lipinski definition) is 5. The minimum absolute atomic E-state index is 0.0166. The number of amides is 1. The van der Waals surface area contributed by atoms with Gasteiger partial charge in [0.25, 0.3) is 0 Å². The first-order valence-corrected chi connectivity index (χ1v) is 9.24. The molecule has 0 spiro atoms. The Bertz CT molecular complexity index is 712. The van der Waals surface area contributed by atoms with Gasteiger partial charge < -0.3 is 11.2 Å². The molecule has 1 amide bonds. The summed E-state index contributed by atoms with van der Waals surface area (Å²) in [5.74, 6) is 6.65. The molecule has 0 saturated heterocycles. The van der Waals surface area contributed by atoms with Crippen molar-refractivity contribution in [3.63, 3.8) is 0 Å². The summed E-state index contributed by atoms with van der Waals surface area (Å²) >= 11 is 7.20. The van der Waals surface area contributed by atoms with Crippen molar-refractivity contribution in [2.24, 2.45) is 0 Å². The molecule has 0 bridgehead atoms. The largest absolute Gasteiger partial charge is 0.352 e. The molecular weight excluding hydrogens is 346 g/mol. The number of aromatic nitrogens is 3. The lowest BCUT2D eigenvalue weighted by molar-refractivity contribution is -0.120. The molecule has 1 aliphatic carbocycles. The van der Waals surface area contributed by atoms with Gasteiger partial charge in [0, 0.05) is 16.6 Å². The normalized spacial score (nSPS) is 16.2. The molecule has 8 heteroatoms.